The number of hydrogen-bond donors (Lipinski definition) is 1. The van der Waals surface area contributed by atoms with E-state index in [1.54, 1.807) is 0 Å². The lowest BCUT2D eigenvalue weighted by Gasteiger charge is -2.32. The van der Waals surface area contributed by atoms with E-state index in [2.05, 4.69) is 14.9 Å². The lowest BCUT2D eigenvalue weighted by Crippen LogP contribution is -2.36. The van der Waals surface area contributed by atoms with Crippen molar-refractivity contribution >= 4 is 5.95 Å². The highest BCUT2D eigenvalue weighted by atomic mass is 16.3. The van der Waals surface area contributed by atoms with Crippen molar-refractivity contribution in [3.63, 3.8) is 0 Å². The van der Waals surface area contributed by atoms with Crippen LogP contribution in [0.3, 0.4) is 0 Å². The molecule has 0 amide bonds. The molecule has 1 saturated heterocycles. The van der Waals surface area contributed by atoms with E-state index in [4.69, 9.17) is 5.11 Å². The summed E-state index contributed by atoms with van der Waals surface area (Å²) in [7, 11) is 0. The van der Waals surface area contributed by atoms with Crippen LogP contribution >= 0.6 is 0 Å². The summed E-state index contributed by atoms with van der Waals surface area (Å²) in [5, 5.41) is 8.96. The molecule has 0 radical (unpaired) electrons. The topological polar surface area (TPSA) is 49.2 Å². The number of hydrogen-bond acceptors (Lipinski definition) is 4. The smallest absolute Gasteiger partial charge is 0.225 e. The molecule has 1 aromatic rings. The van der Waals surface area contributed by atoms with Crippen molar-refractivity contribution in [3.8, 4) is 0 Å². The summed E-state index contributed by atoms with van der Waals surface area (Å²) in [6.45, 7) is 4.29. The van der Waals surface area contributed by atoms with Crippen molar-refractivity contribution in [3.05, 3.63) is 18.0 Å². The number of aromatic nitrogens is 2. The molecule has 1 unspecified atom stereocenters. The van der Waals surface area contributed by atoms with Crippen molar-refractivity contribution in [2.75, 3.05) is 24.6 Å². The van der Waals surface area contributed by atoms with Crippen LogP contribution in [0.1, 0.15) is 24.8 Å². The van der Waals surface area contributed by atoms with Crippen molar-refractivity contribution in [1.82, 2.24) is 9.97 Å². The zero-order chi connectivity index (χ0) is 11.4. The average Bonchev–Trinajstić information content (AvgIpc) is 2.31. The molecule has 4 nitrogen and oxygen atoms in total. The Morgan fingerprint density at radius 3 is 2.88 bits per heavy atom. The highest BCUT2D eigenvalue weighted by Crippen LogP contribution is 2.22. The molecule has 4 heteroatoms. The monoisotopic (exact) mass is 221 g/mol. The van der Waals surface area contributed by atoms with Gasteiger partial charge in [0.1, 0.15) is 0 Å². The fraction of sp³-hybridized carbons (Fsp3) is 0.667. The molecular formula is C12H19N3O. The van der Waals surface area contributed by atoms with Crippen molar-refractivity contribution in [1.29, 1.82) is 0 Å². The van der Waals surface area contributed by atoms with Crippen molar-refractivity contribution < 1.29 is 5.11 Å². The lowest BCUT2D eigenvalue weighted by molar-refractivity contribution is 0.244. The summed E-state index contributed by atoms with van der Waals surface area (Å²) in [6.07, 6.45) is 6.99. The zero-order valence-electron chi connectivity index (χ0n) is 9.76. The largest absolute Gasteiger partial charge is 0.396 e. The quantitative estimate of drug-likeness (QED) is 0.838. The molecule has 1 fully saturated rings. The first-order valence-electron chi connectivity index (χ1n) is 5.94. The van der Waals surface area contributed by atoms with Crippen LogP contribution in [-0.4, -0.2) is 34.8 Å². The van der Waals surface area contributed by atoms with Crippen LogP contribution in [0.2, 0.25) is 0 Å². The molecule has 2 heterocycles. The van der Waals surface area contributed by atoms with Crippen molar-refractivity contribution in [2.24, 2.45) is 5.92 Å². The van der Waals surface area contributed by atoms with E-state index >= 15 is 0 Å². The summed E-state index contributed by atoms with van der Waals surface area (Å²) in [5.41, 5.74) is 1.09. The SMILES string of the molecule is Cc1cnc(N2CCCC(CCO)C2)nc1. The fourth-order valence-electron chi connectivity index (χ4n) is 2.21. The summed E-state index contributed by atoms with van der Waals surface area (Å²) in [4.78, 5) is 10.9. The maximum atomic E-state index is 8.96. The molecule has 1 N–H and O–H groups in total. The summed E-state index contributed by atoms with van der Waals surface area (Å²) >= 11 is 0. The molecule has 88 valence electrons. The summed E-state index contributed by atoms with van der Waals surface area (Å²) in [6, 6.07) is 0. The van der Waals surface area contributed by atoms with Crippen LogP contribution in [0.15, 0.2) is 12.4 Å². The molecule has 0 spiro atoms. The molecule has 16 heavy (non-hydrogen) atoms. The van der Waals surface area contributed by atoms with E-state index in [1.165, 1.54) is 12.8 Å². The van der Waals surface area contributed by atoms with Gasteiger partial charge in [-0.1, -0.05) is 0 Å². The van der Waals surface area contributed by atoms with E-state index in [-0.39, 0.29) is 6.61 Å². The highest BCUT2D eigenvalue weighted by molar-refractivity contribution is 5.30. The molecule has 0 saturated carbocycles. The van der Waals surface area contributed by atoms with Gasteiger partial charge < -0.3 is 10.0 Å². The Hall–Kier alpha value is -1.16. The molecule has 1 atom stereocenters. The predicted molar refractivity (Wildman–Crippen MR) is 63.4 cm³/mol. The van der Waals surface area contributed by atoms with E-state index in [0.717, 1.165) is 31.0 Å². The molecule has 0 aliphatic carbocycles. The van der Waals surface area contributed by atoms with Gasteiger partial charge in [0.15, 0.2) is 0 Å². The van der Waals surface area contributed by atoms with Gasteiger partial charge in [0.05, 0.1) is 0 Å². The van der Waals surface area contributed by atoms with E-state index < -0.39 is 0 Å². The number of nitrogens with zero attached hydrogens (tertiary/aromatic N) is 3. The van der Waals surface area contributed by atoms with Gasteiger partial charge in [0.2, 0.25) is 5.95 Å². The first-order valence-corrected chi connectivity index (χ1v) is 5.94. The van der Waals surface area contributed by atoms with E-state index in [0.29, 0.717) is 5.92 Å². The van der Waals surface area contributed by atoms with Gasteiger partial charge in [-0.2, -0.15) is 0 Å². The maximum Gasteiger partial charge on any atom is 0.225 e. The predicted octanol–water partition coefficient (Wildman–Crippen LogP) is 1.38. The van der Waals surface area contributed by atoms with Crippen LogP contribution in [0.25, 0.3) is 0 Å². The van der Waals surface area contributed by atoms with Crippen LogP contribution in [0.4, 0.5) is 5.95 Å². The average molecular weight is 221 g/mol. The number of aryl methyl sites for hydroxylation is 1. The molecule has 1 aromatic heterocycles. The maximum absolute atomic E-state index is 8.96. The first kappa shape index (κ1) is 11.3. The summed E-state index contributed by atoms with van der Waals surface area (Å²) < 4.78 is 0. The van der Waals surface area contributed by atoms with Crippen LogP contribution in [0, 0.1) is 12.8 Å². The molecule has 2 rings (SSSR count). The Labute approximate surface area is 96.3 Å². The molecular weight excluding hydrogens is 202 g/mol. The number of anilines is 1. The zero-order valence-corrected chi connectivity index (χ0v) is 9.76. The Balaban J connectivity index is 2.01. The normalized spacial score (nSPS) is 21.1. The second-order valence-electron chi connectivity index (χ2n) is 4.53. The third-order valence-electron chi connectivity index (χ3n) is 3.11. The molecule has 0 aromatic carbocycles. The molecule has 0 bridgehead atoms. The van der Waals surface area contributed by atoms with Gasteiger partial charge in [-0.3, -0.25) is 0 Å². The number of piperidine rings is 1. The molecule has 1 aliphatic rings. The third kappa shape index (κ3) is 2.70. The van der Waals surface area contributed by atoms with Gasteiger partial charge in [0, 0.05) is 32.1 Å². The van der Waals surface area contributed by atoms with Crippen LogP contribution in [-0.2, 0) is 0 Å². The second kappa shape index (κ2) is 5.25. The third-order valence-corrected chi connectivity index (χ3v) is 3.11. The van der Waals surface area contributed by atoms with Crippen LogP contribution < -0.4 is 4.90 Å². The minimum atomic E-state index is 0.285. The Morgan fingerprint density at radius 1 is 1.44 bits per heavy atom. The minimum absolute atomic E-state index is 0.285. The van der Waals surface area contributed by atoms with E-state index in [9.17, 15) is 0 Å². The van der Waals surface area contributed by atoms with Gasteiger partial charge in [-0.05, 0) is 37.7 Å². The van der Waals surface area contributed by atoms with Crippen LogP contribution in [0.5, 0.6) is 0 Å². The van der Waals surface area contributed by atoms with Gasteiger partial charge in [0.25, 0.3) is 0 Å². The lowest BCUT2D eigenvalue weighted by atomic mass is 9.95. The Bertz CT molecular complexity index is 324. The number of rotatable bonds is 3. The number of aliphatic hydroxyl groups excluding tert-OH is 1. The minimum Gasteiger partial charge on any atom is -0.396 e. The second-order valence-corrected chi connectivity index (χ2v) is 4.53. The van der Waals surface area contributed by atoms with Gasteiger partial charge in [-0.15, -0.1) is 0 Å². The summed E-state index contributed by atoms with van der Waals surface area (Å²) in [5.74, 6) is 1.41. The Morgan fingerprint density at radius 2 is 2.19 bits per heavy atom. The van der Waals surface area contributed by atoms with Gasteiger partial charge >= 0.3 is 0 Å². The fourth-order valence-corrected chi connectivity index (χ4v) is 2.21. The highest BCUT2D eigenvalue weighted by Gasteiger charge is 2.20. The van der Waals surface area contributed by atoms with Gasteiger partial charge in [-0.25, -0.2) is 9.97 Å². The number of aliphatic hydroxyl groups is 1. The van der Waals surface area contributed by atoms with Crippen molar-refractivity contribution in [2.45, 2.75) is 26.2 Å². The van der Waals surface area contributed by atoms with E-state index in [1.807, 2.05) is 19.3 Å². The molecule has 1 aliphatic heterocycles. The standard InChI is InChI=1S/C12H19N3O/c1-10-7-13-12(14-8-10)15-5-2-3-11(9-15)4-6-16/h7-8,11,16H,2-6,9H2,1H3. The first-order chi connectivity index (χ1) is 7.79. The Kier molecular flexibility index (Phi) is 3.72.